The van der Waals surface area contributed by atoms with Crippen molar-refractivity contribution in [1.29, 1.82) is 0 Å². The molecule has 12 heavy (non-hydrogen) atoms. The van der Waals surface area contributed by atoms with Gasteiger partial charge in [0.25, 0.3) is 0 Å². The summed E-state index contributed by atoms with van der Waals surface area (Å²) in [5, 5.41) is 8.49. The number of nitrogens with two attached hydrogens (primary N) is 1. The van der Waals surface area contributed by atoms with Gasteiger partial charge in [-0.25, -0.2) is 0 Å². The Morgan fingerprint density at radius 2 is 2.17 bits per heavy atom. The van der Waals surface area contributed by atoms with Gasteiger partial charge in [0.1, 0.15) is 0 Å². The molecule has 0 fully saturated rings. The monoisotopic (exact) mass is 229 g/mol. The SMILES string of the molecule is Nc1cc(Br)cc(CC(=O)O)c1. The molecule has 4 heteroatoms. The molecular weight excluding hydrogens is 222 g/mol. The predicted octanol–water partition coefficient (Wildman–Crippen LogP) is 1.66. The average molecular weight is 230 g/mol. The minimum Gasteiger partial charge on any atom is -0.481 e. The molecule has 0 saturated heterocycles. The van der Waals surface area contributed by atoms with Crippen LogP contribution in [0.3, 0.4) is 0 Å². The summed E-state index contributed by atoms with van der Waals surface area (Å²) < 4.78 is 0.804. The van der Waals surface area contributed by atoms with Gasteiger partial charge in [-0.1, -0.05) is 15.9 Å². The van der Waals surface area contributed by atoms with Gasteiger partial charge in [0.2, 0.25) is 0 Å². The van der Waals surface area contributed by atoms with Gasteiger partial charge in [0, 0.05) is 10.2 Å². The van der Waals surface area contributed by atoms with E-state index in [1.165, 1.54) is 0 Å². The van der Waals surface area contributed by atoms with Gasteiger partial charge >= 0.3 is 5.97 Å². The molecule has 3 N–H and O–H groups in total. The van der Waals surface area contributed by atoms with E-state index >= 15 is 0 Å². The Labute approximate surface area is 78.3 Å². The fourth-order valence-electron chi connectivity index (χ4n) is 0.952. The van der Waals surface area contributed by atoms with Crippen molar-refractivity contribution in [2.75, 3.05) is 5.73 Å². The molecule has 1 aromatic rings. The number of carboxylic acids is 1. The number of hydrogen-bond acceptors (Lipinski definition) is 2. The highest BCUT2D eigenvalue weighted by Crippen LogP contribution is 2.17. The minimum atomic E-state index is -0.854. The number of rotatable bonds is 2. The largest absolute Gasteiger partial charge is 0.481 e. The van der Waals surface area contributed by atoms with Crippen molar-refractivity contribution < 1.29 is 9.90 Å². The molecule has 0 amide bonds. The van der Waals surface area contributed by atoms with E-state index in [1.807, 2.05) is 0 Å². The lowest BCUT2D eigenvalue weighted by molar-refractivity contribution is -0.136. The molecule has 0 bridgehead atoms. The highest BCUT2D eigenvalue weighted by Gasteiger charge is 2.01. The normalized spacial score (nSPS) is 9.75. The highest BCUT2D eigenvalue weighted by atomic mass is 79.9. The first-order valence-corrected chi connectivity index (χ1v) is 4.14. The maximum Gasteiger partial charge on any atom is 0.307 e. The Bertz CT molecular complexity index is 292. The molecule has 0 radical (unpaired) electrons. The number of nitrogen functional groups attached to an aromatic ring is 1. The summed E-state index contributed by atoms with van der Waals surface area (Å²) in [7, 11) is 0. The first-order chi connectivity index (χ1) is 5.58. The summed E-state index contributed by atoms with van der Waals surface area (Å²) in [5.74, 6) is -0.854. The molecule has 0 aliphatic heterocycles. The van der Waals surface area contributed by atoms with E-state index in [4.69, 9.17) is 10.8 Å². The van der Waals surface area contributed by atoms with E-state index in [9.17, 15) is 4.79 Å². The zero-order valence-electron chi connectivity index (χ0n) is 6.25. The van der Waals surface area contributed by atoms with Crippen LogP contribution >= 0.6 is 15.9 Å². The second kappa shape index (κ2) is 3.58. The standard InChI is InChI=1S/C8H8BrNO2/c9-6-1-5(3-8(11)12)2-7(10)4-6/h1-2,4H,3,10H2,(H,11,12). The summed E-state index contributed by atoms with van der Waals surface area (Å²) in [5.41, 5.74) is 6.79. The zero-order chi connectivity index (χ0) is 9.14. The van der Waals surface area contributed by atoms with E-state index in [0.717, 1.165) is 4.47 Å². The average Bonchev–Trinajstić information content (AvgIpc) is 1.81. The minimum absolute atomic E-state index is 0.00361. The molecule has 0 aliphatic carbocycles. The second-order valence-electron chi connectivity index (χ2n) is 2.46. The molecular formula is C8H8BrNO2. The summed E-state index contributed by atoms with van der Waals surface area (Å²) in [6.45, 7) is 0. The molecule has 3 nitrogen and oxygen atoms in total. The van der Waals surface area contributed by atoms with Crippen molar-refractivity contribution >= 4 is 27.6 Å². The third kappa shape index (κ3) is 2.54. The van der Waals surface area contributed by atoms with Crippen LogP contribution in [0.4, 0.5) is 5.69 Å². The maximum atomic E-state index is 10.3. The molecule has 0 saturated carbocycles. The number of benzene rings is 1. The van der Waals surface area contributed by atoms with E-state index < -0.39 is 5.97 Å². The van der Waals surface area contributed by atoms with E-state index in [0.29, 0.717) is 11.3 Å². The smallest absolute Gasteiger partial charge is 0.307 e. The van der Waals surface area contributed by atoms with Crippen LogP contribution < -0.4 is 5.73 Å². The van der Waals surface area contributed by atoms with Crippen LogP contribution in [-0.4, -0.2) is 11.1 Å². The number of hydrogen-bond donors (Lipinski definition) is 2. The van der Waals surface area contributed by atoms with Gasteiger partial charge in [0.05, 0.1) is 6.42 Å². The first kappa shape index (κ1) is 9.06. The van der Waals surface area contributed by atoms with E-state index in [-0.39, 0.29) is 6.42 Å². The van der Waals surface area contributed by atoms with Gasteiger partial charge < -0.3 is 10.8 Å². The predicted molar refractivity (Wildman–Crippen MR) is 49.9 cm³/mol. The Hall–Kier alpha value is -1.03. The van der Waals surface area contributed by atoms with Crippen molar-refractivity contribution in [3.8, 4) is 0 Å². The molecule has 1 rings (SSSR count). The van der Waals surface area contributed by atoms with Crippen molar-refractivity contribution in [3.05, 3.63) is 28.2 Å². The van der Waals surface area contributed by atoms with Crippen molar-refractivity contribution in [2.24, 2.45) is 0 Å². The number of anilines is 1. The van der Waals surface area contributed by atoms with Crippen molar-refractivity contribution in [1.82, 2.24) is 0 Å². The third-order valence-electron chi connectivity index (χ3n) is 1.34. The Morgan fingerprint density at radius 1 is 1.50 bits per heavy atom. The van der Waals surface area contributed by atoms with Gasteiger partial charge in [-0.3, -0.25) is 4.79 Å². The Kier molecular flexibility index (Phi) is 2.70. The Balaban J connectivity index is 2.93. The Morgan fingerprint density at radius 3 is 2.67 bits per heavy atom. The fourth-order valence-corrected chi connectivity index (χ4v) is 1.51. The fraction of sp³-hybridized carbons (Fsp3) is 0.125. The summed E-state index contributed by atoms with van der Waals surface area (Å²) in [4.78, 5) is 10.3. The molecule has 64 valence electrons. The van der Waals surface area contributed by atoms with Crippen LogP contribution in [-0.2, 0) is 11.2 Å². The van der Waals surface area contributed by atoms with Crippen LogP contribution in [0, 0.1) is 0 Å². The van der Waals surface area contributed by atoms with Gasteiger partial charge in [-0.05, 0) is 23.8 Å². The lowest BCUT2D eigenvalue weighted by Crippen LogP contribution is -2.00. The van der Waals surface area contributed by atoms with Gasteiger partial charge in [-0.2, -0.15) is 0 Å². The third-order valence-corrected chi connectivity index (χ3v) is 1.79. The second-order valence-corrected chi connectivity index (χ2v) is 3.38. The van der Waals surface area contributed by atoms with Crippen LogP contribution in [0.2, 0.25) is 0 Å². The molecule has 0 unspecified atom stereocenters. The van der Waals surface area contributed by atoms with Crippen LogP contribution in [0.25, 0.3) is 0 Å². The van der Waals surface area contributed by atoms with Gasteiger partial charge in [0.15, 0.2) is 0 Å². The van der Waals surface area contributed by atoms with E-state index in [1.54, 1.807) is 18.2 Å². The molecule has 0 aliphatic rings. The van der Waals surface area contributed by atoms with Crippen LogP contribution in [0.15, 0.2) is 22.7 Å². The molecule has 0 heterocycles. The topological polar surface area (TPSA) is 63.3 Å². The highest BCUT2D eigenvalue weighted by molar-refractivity contribution is 9.10. The van der Waals surface area contributed by atoms with Gasteiger partial charge in [-0.15, -0.1) is 0 Å². The van der Waals surface area contributed by atoms with E-state index in [2.05, 4.69) is 15.9 Å². The first-order valence-electron chi connectivity index (χ1n) is 3.34. The number of carboxylic acid groups (broad SMARTS) is 1. The number of carbonyl (C=O) groups is 1. The molecule has 1 aromatic carbocycles. The maximum absolute atomic E-state index is 10.3. The number of halogens is 1. The molecule has 0 atom stereocenters. The van der Waals surface area contributed by atoms with Crippen molar-refractivity contribution in [2.45, 2.75) is 6.42 Å². The molecule has 0 spiro atoms. The quantitative estimate of drug-likeness (QED) is 0.759. The molecule has 0 aromatic heterocycles. The summed E-state index contributed by atoms with van der Waals surface area (Å²) >= 11 is 3.23. The lowest BCUT2D eigenvalue weighted by atomic mass is 10.1. The van der Waals surface area contributed by atoms with Crippen LogP contribution in [0.5, 0.6) is 0 Å². The van der Waals surface area contributed by atoms with Crippen molar-refractivity contribution in [3.63, 3.8) is 0 Å². The van der Waals surface area contributed by atoms with Crippen LogP contribution in [0.1, 0.15) is 5.56 Å². The lowest BCUT2D eigenvalue weighted by Gasteiger charge is -2.00. The summed E-state index contributed by atoms with van der Waals surface area (Å²) in [6.07, 6.45) is 0.00361. The number of aliphatic carboxylic acids is 1. The zero-order valence-corrected chi connectivity index (χ0v) is 7.84. The summed E-state index contributed by atoms with van der Waals surface area (Å²) in [6, 6.07) is 5.12.